The van der Waals surface area contributed by atoms with Gasteiger partial charge < -0.3 is 9.84 Å². The van der Waals surface area contributed by atoms with E-state index in [1.807, 2.05) is 4.90 Å². The van der Waals surface area contributed by atoms with Gasteiger partial charge in [0, 0.05) is 6.54 Å². The van der Waals surface area contributed by atoms with Crippen LogP contribution in [-0.2, 0) is 4.74 Å². The summed E-state index contributed by atoms with van der Waals surface area (Å²) in [5, 5.41) is 8.30. The van der Waals surface area contributed by atoms with Gasteiger partial charge in [0.15, 0.2) is 0 Å². The fourth-order valence-electron chi connectivity index (χ4n) is 0.491. The summed E-state index contributed by atoms with van der Waals surface area (Å²) in [6, 6.07) is 0. The monoisotopic (exact) mass is 103 g/mol. The molecule has 1 saturated heterocycles. The van der Waals surface area contributed by atoms with Gasteiger partial charge in [0.05, 0.1) is 6.61 Å². The van der Waals surface area contributed by atoms with E-state index in [1.54, 1.807) is 0 Å². The average molecular weight is 103 g/mol. The van der Waals surface area contributed by atoms with Crippen LogP contribution in [0.25, 0.3) is 0 Å². The summed E-state index contributed by atoms with van der Waals surface area (Å²) in [4.78, 5) is 2.01. The minimum Gasteiger partial charge on any atom is -0.395 e. The molecule has 42 valence electrons. The summed E-state index contributed by atoms with van der Waals surface area (Å²) >= 11 is 0. The molecule has 3 nitrogen and oxygen atoms in total. The number of β-amino-alcohol motifs (C(OH)–C–C–N with tert-alkyl or cyclic N) is 1. The van der Waals surface area contributed by atoms with Crippen LogP contribution in [0, 0.1) is 0 Å². The highest BCUT2D eigenvalue weighted by atomic mass is 16.5. The third-order valence-electron chi connectivity index (χ3n) is 0.964. The van der Waals surface area contributed by atoms with Gasteiger partial charge >= 0.3 is 0 Å². The van der Waals surface area contributed by atoms with Gasteiger partial charge in [-0.25, -0.2) is 0 Å². The van der Waals surface area contributed by atoms with Crippen LogP contribution in [0.1, 0.15) is 0 Å². The maximum atomic E-state index is 8.30. The average Bonchev–Trinajstić information content (AvgIpc) is 1.55. The standard InChI is InChI=1S/C4H9NO2/c6-2-1-5-3-7-4-5/h6H,1-4H2. The first-order chi connectivity index (χ1) is 3.43. The molecule has 1 rings (SSSR count). The molecular formula is C4H9NO2. The normalized spacial score (nSPS) is 21.9. The van der Waals surface area contributed by atoms with Crippen LogP contribution in [0.4, 0.5) is 0 Å². The second-order valence-corrected chi connectivity index (χ2v) is 1.58. The molecule has 0 amide bonds. The summed E-state index contributed by atoms with van der Waals surface area (Å²) < 4.78 is 4.80. The van der Waals surface area contributed by atoms with Gasteiger partial charge in [-0.1, -0.05) is 0 Å². The van der Waals surface area contributed by atoms with E-state index in [0.29, 0.717) is 13.5 Å². The van der Waals surface area contributed by atoms with Crippen LogP contribution >= 0.6 is 0 Å². The summed E-state index contributed by atoms with van der Waals surface area (Å²) in [6.45, 7) is 2.38. The Kier molecular flexibility index (Phi) is 1.62. The molecule has 0 aliphatic carbocycles. The molecule has 1 aliphatic rings. The molecule has 0 spiro atoms. The number of rotatable bonds is 2. The molecule has 1 aliphatic heterocycles. The largest absolute Gasteiger partial charge is 0.395 e. The third-order valence-corrected chi connectivity index (χ3v) is 0.964. The molecule has 3 heteroatoms. The van der Waals surface area contributed by atoms with Crippen LogP contribution in [0.5, 0.6) is 0 Å². The molecule has 0 unspecified atom stereocenters. The molecule has 0 aromatic carbocycles. The first kappa shape index (κ1) is 5.03. The minimum atomic E-state index is 0.239. The number of ether oxygens (including phenoxy) is 1. The van der Waals surface area contributed by atoms with Crippen molar-refractivity contribution in [3.05, 3.63) is 0 Å². The molecule has 0 radical (unpaired) electrons. The Morgan fingerprint density at radius 2 is 2.29 bits per heavy atom. The summed E-state index contributed by atoms with van der Waals surface area (Å²) in [7, 11) is 0. The fourth-order valence-corrected chi connectivity index (χ4v) is 0.491. The second-order valence-electron chi connectivity index (χ2n) is 1.58. The lowest BCUT2D eigenvalue weighted by Gasteiger charge is -2.29. The van der Waals surface area contributed by atoms with Crippen LogP contribution in [0.15, 0.2) is 0 Å². The van der Waals surface area contributed by atoms with Crippen molar-refractivity contribution < 1.29 is 9.84 Å². The lowest BCUT2D eigenvalue weighted by molar-refractivity contribution is -0.147. The zero-order chi connectivity index (χ0) is 5.11. The van der Waals surface area contributed by atoms with Crippen molar-refractivity contribution in [3.63, 3.8) is 0 Å². The highest BCUT2D eigenvalue weighted by Gasteiger charge is 2.11. The number of hydrogen-bond acceptors (Lipinski definition) is 3. The van der Waals surface area contributed by atoms with Gasteiger partial charge in [0.2, 0.25) is 0 Å². The molecule has 1 heterocycles. The van der Waals surface area contributed by atoms with Crippen molar-refractivity contribution in [2.24, 2.45) is 0 Å². The van der Waals surface area contributed by atoms with Crippen molar-refractivity contribution in [2.75, 3.05) is 26.6 Å². The smallest absolute Gasteiger partial charge is 0.103 e. The number of aliphatic hydroxyl groups is 1. The van der Waals surface area contributed by atoms with Gasteiger partial charge in [-0.3, -0.25) is 4.90 Å². The van der Waals surface area contributed by atoms with E-state index in [0.717, 1.165) is 6.54 Å². The molecule has 7 heavy (non-hydrogen) atoms. The Labute approximate surface area is 42.5 Å². The van der Waals surface area contributed by atoms with E-state index >= 15 is 0 Å². The lowest BCUT2D eigenvalue weighted by atomic mass is 10.6. The SMILES string of the molecule is OCCN1COC1. The second kappa shape index (κ2) is 2.26. The molecule has 0 atom stereocenters. The highest BCUT2D eigenvalue weighted by Crippen LogP contribution is 1.98. The van der Waals surface area contributed by atoms with Gasteiger partial charge in [-0.05, 0) is 0 Å². The van der Waals surface area contributed by atoms with Crippen molar-refractivity contribution in [1.82, 2.24) is 4.90 Å². The zero-order valence-corrected chi connectivity index (χ0v) is 4.13. The van der Waals surface area contributed by atoms with Gasteiger partial charge in [-0.2, -0.15) is 0 Å². The Morgan fingerprint density at radius 1 is 1.57 bits per heavy atom. The number of hydrogen-bond donors (Lipinski definition) is 1. The Balaban J connectivity index is 1.93. The first-order valence-corrected chi connectivity index (χ1v) is 2.34. The molecule has 0 saturated carbocycles. The first-order valence-electron chi connectivity index (χ1n) is 2.34. The third kappa shape index (κ3) is 1.12. The molecule has 0 aromatic rings. The van der Waals surface area contributed by atoms with Crippen LogP contribution in [0.3, 0.4) is 0 Å². The zero-order valence-electron chi connectivity index (χ0n) is 4.13. The van der Waals surface area contributed by atoms with Gasteiger partial charge in [-0.15, -0.1) is 0 Å². The maximum absolute atomic E-state index is 8.30. The van der Waals surface area contributed by atoms with E-state index in [1.165, 1.54) is 0 Å². The van der Waals surface area contributed by atoms with E-state index < -0.39 is 0 Å². The molecule has 1 N–H and O–H groups in total. The van der Waals surface area contributed by atoms with Crippen molar-refractivity contribution >= 4 is 0 Å². The Morgan fingerprint density at radius 3 is 2.43 bits per heavy atom. The van der Waals surface area contributed by atoms with Gasteiger partial charge in [0.1, 0.15) is 13.5 Å². The quantitative estimate of drug-likeness (QED) is 0.498. The molecular weight excluding hydrogens is 94.0 g/mol. The summed E-state index contributed by atoms with van der Waals surface area (Å²) in [6.07, 6.45) is 0. The Hall–Kier alpha value is -0.120. The van der Waals surface area contributed by atoms with Crippen molar-refractivity contribution in [1.29, 1.82) is 0 Å². The highest BCUT2D eigenvalue weighted by molar-refractivity contribution is 4.50. The van der Waals surface area contributed by atoms with E-state index in [9.17, 15) is 0 Å². The van der Waals surface area contributed by atoms with E-state index in [-0.39, 0.29) is 6.61 Å². The molecule has 0 bridgehead atoms. The predicted molar refractivity (Wildman–Crippen MR) is 24.6 cm³/mol. The minimum absolute atomic E-state index is 0.239. The maximum Gasteiger partial charge on any atom is 0.103 e. The van der Waals surface area contributed by atoms with Crippen LogP contribution in [-0.4, -0.2) is 36.6 Å². The summed E-state index contributed by atoms with van der Waals surface area (Å²) in [5.41, 5.74) is 0. The lowest BCUT2D eigenvalue weighted by Crippen LogP contribution is -2.41. The van der Waals surface area contributed by atoms with E-state index in [4.69, 9.17) is 9.84 Å². The van der Waals surface area contributed by atoms with Crippen LogP contribution < -0.4 is 0 Å². The topological polar surface area (TPSA) is 32.7 Å². The number of nitrogens with zero attached hydrogens (tertiary/aromatic N) is 1. The van der Waals surface area contributed by atoms with Crippen molar-refractivity contribution in [3.8, 4) is 0 Å². The van der Waals surface area contributed by atoms with Crippen molar-refractivity contribution in [2.45, 2.75) is 0 Å². The number of aliphatic hydroxyl groups excluding tert-OH is 1. The molecule has 1 fully saturated rings. The predicted octanol–water partition coefficient (Wildman–Crippen LogP) is -0.774. The summed E-state index contributed by atoms with van der Waals surface area (Å²) in [5.74, 6) is 0. The van der Waals surface area contributed by atoms with E-state index in [2.05, 4.69) is 0 Å². The molecule has 0 aromatic heterocycles. The Bertz CT molecular complexity index is 53.7. The van der Waals surface area contributed by atoms with Gasteiger partial charge in [0.25, 0.3) is 0 Å². The van der Waals surface area contributed by atoms with Crippen LogP contribution in [0.2, 0.25) is 0 Å². The fraction of sp³-hybridized carbons (Fsp3) is 1.00.